The smallest absolute Gasteiger partial charge is 0.410 e. The molecule has 0 aromatic carbocycles. The fourth-order valence-corrected chi connectivity index (χ4v) is 4.83. The summed E-state index contributed by atoms with van der Waals surface area (Å²) in [6.45, 7) is 11.5. The minimum absolute atomic E-state index is 0. The number of rotatable bonds is 6. The summed E-state index contributed by atoms with van der Waals surface area (Å²) in [6, 6.07) is -0.596. The van der Waals surface area contributed by atoms with Crippen LogP contribution in [0, 0.1) is 0 Å². The highest BCUT2D eigenvalue weighted by Crippen LogP contribution is 2.25. The lowest BCUT2D eigenvalue weighted by Gasteiger charge is -2.38. The van der Waals surface area contributed by atoms with E-state index in [0.717, 1.165) is 13.1 Å². The van der Waals surface area contributed by atoms with Gasteiger partial charge >= 0.3 is 6.09 Å². The lowest BCUT2D eigenvalue weighted by atomic mass is 10.0. The van der Waals surface area contributed by atoms with E-state index in [1.54, 1.807) is 42.4 Å². The third-order valence-electron chi connectivity index (χ3n) is 6.71. The zero-order valence-electron chi connectivity index (χ0n) is 22.0. The largest absolute Gasteiger partial charge is 0.443 e. The van der Waals surface area contributed by atoms with E-state index < -0.39 is 23.3 Å². The van der Waals surface area contributed by atoms with Crippen molar-refractivity contribution in [1.29, 1.82) is 0 Å². The van der Waals surface area contributed by atoms with Crippen molar-refractivity contribution in [2.24, 2.45) is 0 Å². The topological polar surface area (TPSA) is 123 Å². The second-order valence-electron chi connectivity index (χ2n) is 11.0. The van der Waals surface area contributed by atoms with Crippen LogP contribution in [-0.4, -0.2) is 125 Å². The first-order chi connectivity index (χ1) is 16.4. The van der Waals surface area contributed by atoms with Crippen LogP contribution in [-0.2, 0) is 19.1 Å². The monoisotopic (exact) mass is 531 g/mol. The molecule has 0 unspecified atom stereocenters. The molecular weight excluding hydrogens is 490 g/mol. The van der Waals surface area contributed by atoms with Crippen LogP contribution >= 0.6 is 12.4 Å². The van der Waals surface area contributed by atoms with Crippen LogP contribution in [0.5, 0.6) is 0 Å². The normalized spacial score (nSPS) is 21.2. The van der Waals surface area contributed by atoms with E-state index in [2.05, 4.69) is 5.32 Å². The SMILES string of the molecule is CC(C)(O)CC(=O)N1CCN(C(=O)[C@@H]2CCCN2C(=O)OC(C)(C)CC(=O)N2CCNCC2)CC1.Cl. The molecule has 3 aliphatic heterocycles. The van der Waals surface area contributed by atoms with Gasteiger partial charge in [0.1, 0.15) is 11.6 Å². The van der Waals surface area contributed by atoms with E-state index in [9.17, 15) is 24.3 Å². The van der Waals surface area contributed by atoms with Gasteiger partial charge in [-0.15, -0.1) is 12.4 Å². The van der Waals surface area contributed by atoms with Crippen LogP contribution in [0.15, 0.2) is 0 Å². The molecule has 0 aromatic heterocycles. The molecule has 1 atom stereocenters. The Labute approximate surface area is 219 Å². The Balaban J connectivity index is 0.00000456. The van der Waals surface area contributed by atoms with E-state index in [1.165, 1.54) is 4.90 Å². The molecule has 0 bridgehead atoms. The first-order valence-electron chi connectivity index (χ1n) is 12.6. The van der Waals surface area contributed by atoms with Gasteiger partial charge in [-0.25, -0.2) is 4.79 Å². The Kier molecular flexibility index (Phi) is 10.4. The first-order valence-corrected chi connectivity index (χ1v) is 12.6. The molecule has 2 N–H and O–H groups in total. The number of carbonyl (C=O) groups is 4. The van der Waals surface area contributed by atoms with E-state index >= 15 is 0 Å². The van der Waals surface area contributed by atoms with Gasteiger partial charge in [-0.1, -0.05) is 0 Å². The summed E-state index contributed by atoms with van der Waals surface area (Å²) in [5.74, 6) is -0.313. The van der Waals surface area contributed by atoms with Crippen molar-refractivity contribution in [1.82, 2.24) is 24.9 Å². The van der Waals surface area contributed by atoms with Gasteiger partial charge < -0.3 is 29.9 Å². The molecule has 36 heavy (non-hydrogen) atoms. The van der Waals surface area contributed by atoms with Gasteiger partial charge in [0.2, 0.25) is 17.7 Å². The van der Waals surface area contributed by atoms with Crippen LogP contribution in [0.2, 0.25) is 0 Å². The second kappa shape index (κ2) is 12.4. The minimum Gasteiger partial charge on any atom is -0.443 e. The molecule has 3 rings (SSSR count). The van der Waals surface area contributed by atoms with Crippen LogP contribution in [0.3, 0.4) is 0 Å². The zero-order valence-corrected chi connectivity index (χ0v) is 22.8. The number of piperazine rings is 2. The predicted octanol–water partition coefficient (Wildman–Crippen LogP) is 0.442. The number of hydrogen-bond donors (Lipinski definition) is 2. The number of halogens is 1. The highest BCUT2D eigenvalue weighted by atomic mass is 35.5. The molecule has 4 amide bonds. The Bertz CT molecular complexity index is 803. The number of likely N-dealkylation sites (tertiary alicyclic amines) is 1. The van der Waals surface area contributed by atoms with Crippen LogP contribution in [0.1, 0.15) is 53.4 Å². The quantitative estimate of drug-likeness (QED) is 0.510. The molecule has 0 aromatic rings. The second-order valence-corrected chi connectivity index (χ2v) is 11.0. The number of nitrogens with one attached hydrogen (secondary N) is 1. The number of amides is 4. The fraction of sp³-hybridized carbons (Fsp3) is 0.833. The molecule has 206 valence electrons. The van der Waals surface area contributed by atoms with Gasteiger partial charge in [-0.2, -0.15) is 0 Å². The number of ether oxygens (including phenoxy) is 1. The third kappa shape index (κ3) is 8.21. The average Bonchev–Trinajstić information content (AvgIpc) is 3.28. The van der Waals surface area contributed by atoms with E-state index in [1.807, 2.05) is 0 Å². The van der Waals surface area contributed by atoms with Gasteiger partial charge in [-0.3, -0.25) is 19.3 Å². The minimum atomic E-state index is -1.07. The molecule has 3 aliphatic rings. The molecule has 11 nitrogen and oxygen atoms in total. The predicted molar refractivity (Wildman–Crippen MR) is 136 cm³/mol. The van der Waals surface area contributed by atoms with Crippen LogP contribution in [0.25, 0.3) is 0 Å². The average molecular weight is 532 g/mol. The van der Waals surface area contributed by atoms with Crippen molar-refractivity contribution in [3.05, 3.63) is 0 Å². The standard InChI is InChI=1S/C24H41N5O6.ClH/c1-23(2,34)16-19(30)27-12-14-28(15-13-27)21(32)18-6-5-9-29(18)22(33)35-24(3,4)17-20(31)26-10-7-25-8-11-26;/h18,25,34H,5-17H2,1-4H3;1H/t18-;/m0./s1. The first kappa shape index (κ1) is 30.1. The molecule has 0 spiro atoms. The number of carbonyl (C=O) groups excluding carboxylic acids is 4. The lowest BCUT2D eigenvalue weighted by molar-refractivity contribution is -0.144. The summed E-state index contributed by atoms with van der Waals surface area (Å²) >= 11 is 0. The molecule has 0 radical (unpaired) electrons. The summed E-state index contributed by atoms with van der Waals surface area (Å²) in [6.07, 6.45) is 0.821. The van der Waals surface area contributed by atoms with E-state index in [-0.39, 0.29) is 43.0 Å². The number of hydrogen-bond acceptors (Lipinski definition) is 7. The summed E-state index contributed by atoms with van der Waals surface area (Å²) in [5.41, 5.74) is -2.06. The zero-order chi connectivity index (χ0) is 25.8. The molecule has 12 heteroatoms. The highest BCUT2D eigenvalue weighted by molar-refractivity contribution is 5.87. The lowest BCUT2D eigenvalue weighted by Crippen LogP contribution is -2.56. The maximum atomic E-state index is 13.2. The van der Waals surface area contributed by atoms with Crippen LogP contribution in [0.4, 0.5) is 4.79 Å². The van der Waals surface area contributed by atoms with Crippen molar-refractivity contribution < 1.29 is 29.0 Å². The van der Waals surface area contributed by atoms with Crippen molar-refractivity contribution in [3.63, 3.8) is 0 Å². The Hall–Kier alpha value is -2.11. The van der Waals surface area contributed by atoms with Gasteiger partial charge in [0.25, 0.3) is 0 Å². The molecular formula is C24H42ClN5O6. The van der Waals surface area contributed by atoms with Crippen molar-refractivity contribution in [3.8, 4) is 0 Å². The number of aliphatic hydroxyl groups is 1. The van der Waals surface area contributed by atoms with Crippen molar-refractivity contribution in [2.75, 3.05) is 58.9 Å². The van der Waals surface area contributed by atoms with Crippen molar-refractivity contribution >= 4 is 36.2 Å². The third-order valence-corrected chi connectivity index (χ3v) is 6.71. The molecule has 3 heterocycles. The van der Waals surface area contributed by atoms with Gasteiger partial charge in [0.05, 0.1) is 18.4 Å². The summed E-state index contributed by atoms with van der Waals surface area (Å²) in [4.78, 5) is 57.9. The summed E-state index contributed by atoms with van der Waals surface area (Å²) in [5, 5.41) is 13.1. The highest BCUT2D eigenvalue weighted by Gasteiger charge is 2.41. The Morgan fingerprint density at radius 1 is 0.833 bits per heavy atom. The number of nitrogens with zero attached hydrogens (tertiary/aromatic N) is 4. The van der Waals surface area contributed by atoms with E-state index in [4.69, 9.17) is 4.74 Å². The van der Waals surface area contributed by atoms with Crippen LogP contribution < -0.4 is 5.32 Å². The maximum Gasteiger partial charge on any atom is 0.410 e. The molecule has 3 fully saturated rings. The maximum absolute atomic E-state index is 13.2. The summed E-state index contributed by atoms with van der Waals surface area (Å²) in [7, 11) is 0. The fourth-order valence-electron chi connectivity index (χ4n) is 4.83. The molecule has 3 saturated heterocycles. The summed E-state index contributed by atoms with van der Waals surface area (Å²) < 4.78 is 5.72. The Morgan fingerprint density at radius 3 is 1.94 bits per heavy atom. The van der Waals surface area contributed by atoms with E-state index in [0.29, 0.717) is 58.7 Å². The van der Waals surface area contributed by atoms with Gasteiger partial charge in [0.15, 0.2) is 0 Å². The van der Waals surface area contributed by atoms with Crippen molar-refractivity contribution in [2.45, 2.75) is 70.6 Å². The van der Waals surface area contributed by atoms with Gasteiger partial charge in [0, 0.05) is 58.9 Å². The molecule has 0 aliphatic carbocycles. The van der Waals surface area contributed by atoms with Gasteiger partial charge in [-0.05, 0) is 40.5 Å². The molecule has 0 saturated carbocycles. The Morgan fingerprint density at radius 2 is 1.36 bits per heavy atom.